The van der Waals surface area contributed by atoms with Crippen molar-refractivity contribution in [3.63, 3.8) is 0 Å². The second-order valence-electron chi connectivity index (χ2n) is 7.27. The van der Waals surface area contributed by atoms with E-state index < -0.39 is 0 Å². The Labute approximate surface area is 147 Å². The minimum atomic E-state index is 0.303. The predicted molar refractivity (Wildman–Crippen MR) is 98.6 cm³/mol. The summed E-state index contributed by atoms with van der Waals surface area (Å²) in [6, 6.07) is 0.636. The first-order chi connectivity index (χ1) is 11.7. The van der Waals surface area contributed by atoms with Gasteiger partial charge in [-0.05, 0) is 38.1 Å². The van der Waals surface area contributed by atoms with E-state index in [1.54, 1.807) is 0 Å². The summed E-state index contributed by atoms with van der Waals surface area (Å²) >= 11 is 0. The fourth-order valence-corrected chi connectivity index (χ4v) is 3.44. The summed E-state index contributed by atoms with van der Waals surface area (Å²) in [4.78, 5) is 6.94. The topological polar surface area (TPSA) is 58.1 Å². The van der Waals surface area contributed by atoms with Gasteiger partial charge in [0.15, 0.2) is 5.96 Å². The van der Waals surface area contributed by atoms with Gasteiger partial charge in [0.1, 0.15) is 0 Å². The number of nitrogens with zero attached hydrogens (tertiary/aromatic N) is 2. The number of likely N-dealkylation sites (tertiary alicyclic amines) is 1. The molecular formula is C18H36N4O2. The quantitative estimate of drug-likeness (QED) is 0.378. The number of nitrogens with one attached hydrogen (secondary N) is 2. The average Bonchev–Trinajstić information content (AvgIpc) is 3.21. The van der Waals surface area contributed by atoms with Crippen LogP contribution in [-0.4, -0.2) is 76.1 Å². The Kier molecular flexibility index (Phi) is 8.84. The highest BCUT2D eigenvalue weighted by Crippen LogP contribution is 2.17. The van der Waals surface area contributed by atoms with Gasteiger partial charge in [-0.1, -0.05) is 13.8 Å². The van der Waals surface area contributed by atoms with Crippen LogP contribution in [0.3, 0.4) is 0 Å². The van der Waals surface area contributed by atoms with Crippen molar-refractivity contribution in [2.24, 2.45) is 10.9 Å². The average molecular weight is 341 g/mol. The molecule has 2 heterocycles. The monoisotopic (exact) mass is 340 g/mol. The van der Waals surface area contributed by atoms with Gasteiger partial charge in [-0.2, -0.15) is 0 Å². The molecule has 1 unspecified atom stereocenters. The molecule has 2 fully saturated rings. The van der Waals surface area contributed by atoms with Gasteiger partial charge in [0.2, 0.25) is 0 Å². The summed E-state index contributed by atoms with van der Waals surface area (Å²) < 4.78 is 11.1. The minimum absolute atomic E-state index is 0.303. The Hall–Kier alpha value is -0.850. The molecule has 24 heavy (non-hydrogen) atoms. The Morgan fingerprint density at radius 2 is 2.21 bits per heavy atom. The lowest BCUT2D eigenvalue weighted by molar-refractivity contribution is 0.0420. The molecule has 0 aliphatic carbocycles. The molecule has 0 radical (unpaired) electrons. The maximum absolute atomic E-state index is 5.78. The number of rotatable bonds is 9. The van der Waals surface area contributed by atoms with Crippen LogP contribution in [0.25, 0.3) is 0 Å². The number of hydrogen-bond acceptors (Lipinski definition) is 4. The van der Waals surface area contributed by atoms with Gasteiger partial charge in [0, 0.05) is 45.9 Å². The zero-order chi connectivity index (χ0) is 17.2. The van der Waals surface area contributed by atoms with E-state index in [4.69, 9.17) is 9.47 Å². The van der Waals surface area contributed by atoms with Crippen molar-refractivity contribution < 1.29 is 9.47 Å². The fourth-order valence-electron chi connectivity index (χ4n) is 3.44. The van der Waals surface area contributed by atoms with Crippen molar-refractivity contribution in [2.75, 3.05) is 53.0 Å². The molecule has 0 saturated carbocycles. The van der Waals surface area contributed by atoms with E-state index in [-0.39, 0.29) is 0 Å². The van der Waals surface area contributed by atoms with Crippen molar-refractivity contribution in [3.05, 3.63) is 0 Å². The molecule has 0 aromatic heterocycles. The summed E-state index contributed by atoms with van der Waals surface area (Å²) in [5, 5.41) is 6.87. The molecule has 2 aliphatic heterocycles. The lowest BCUT2D eigenvalue weighted by Gasteiger charge is -2.27. The molecule has 2 aliphatic rings. The Balaban J connectivity index is 1.56. The second kappa shape index (κ2) is 10.9. The van der Waals surface area contributed by atoms with Gasteiger partial charge in [0.25, 0.3) is 0 Å². The summed E-state index contributed by atoms with van der Waals surface area (Å²) in [6.07, 6.45) is 4.92. The largest absolute Gasteiger partial charge is 0.379 e. The Bertz CT molecular complexity index is 370. The zero-order valence-corrected chi connectivity index (χ0v) is 15.7. The molecule has 140 valence electrons. The van der Waals surface area contributed by atoms with Crippen molar-refractivity contribution in [1.29, 1.82) is 0 Å². The summed E-state index contributed by atoms with van der Waals surface area (Å²) in [5.41, 5.74) is 0. The molecule has 0 spiro atoms. The molecule has 6 heteroatoms. The summed E-state index contributed by atoms with van der Waals surface area (Å²) in [7, 11) is 1.84. The summed E-state index contributed by atoms with van der Waals surface area (Å²) in [6.45, 7) is 11.3. The van der Waals surface area contributed by atoms with Crippen LogP contribution in [0.2, 0.25) is 0 Å². The highest BCUT2D eigenvalue weighted by Gasteiger charge is 2.24. The lowest BCUT2D eigenvalue weighted by atomic mass is 10.1. The van der Waals surface area contributed by atoms with Crippen LogP contribution < -0.4 is 10.6 Å². The van der Waals surface area contributed by atoms with Gasteiger partial charge >= 0.3 is 0 Å². The van der Waals surface area contributed by atoms with Gasteiger partial charge < -0.3 is 20.1 Å². The van der Waals surface area contributed by atoms with Crippen LogP contribution in [0, 0.1) is 5.92 Å². The molecule has 2 rings (SSSR count). The van der Waals surface area contributed by atoms with Gasteiger partial charge in [-0.25, -0.2) is 0 Å². The fraction of sp³-hybridized carbons (Fsp3) is 0.944. The molecule has 2 N–H and O–H groups in total. The molecule has 2 saturated heterocycles. The van der Waals surface area contributed by atoms with E-state index in [9.17, 15) is 0 Å². The normalized spacial score (nSPS) is 25.6. The lowest BCUT2D eigenvalue weighted by Crippen LogP contribution is -2.45. The summed E-state index contributed by atoms with van der Waals surface area (Å²) in [5.74, 6) is 1.63. The number of aliphatic imine (C=N–C) groups is 1. The maximum Gasteiger partial charge on any atom is 0.191 e. The van der Waals surface area contributed by atoms with Gasteiger partial charge in [-0.3, -0.25) is 9.89 Å². The number of hydrogen-bond donors (Lipinski definition) is 2. The van der Waals surface area contributed by atoms with E-state index in [1.165, 1.54) is 25.9 Å². The number of ether oxygens (including phenoxy) is 2. The second-order valence-corrected chi connectivity index (χ2v) is 7.27. The zero-order valence-electron chi connectivity index (χ0n) is 15.7. The first-order valence-corrected chi connectivity index (χ1v) is 9.57. The molecule has 0 bridgehead atoms. The first-order valence-electron chi connectivity index (χ1n) is 9.57. The van der Waals surface area contributed by atoms with E-state index in [2.05, 4.69) is 34.4 Å². The standard InChI is InChI=1S/C18H36N4O2/c1-15(2)13-22-9-4-6-16(22)12-21-18(19-3)20-8-5-10-24-17-7-11-23-14-17/h15-17H,4-14H2,1-3H3,(H2,19,20,21)/t16-,17?/m1/s1. The van der Waals surface area contributed by atoms with Crippen LogP contribution in [0.15, 0.2) is 4.99 Å². The molecule has 0 aromatic carbocycles. The smallest absolute Gasteiger partial charge is 0.191 e. The predicted octanol–water partition coefficient (Wildman–Crippen LogP) is 1.47. The molecule has 0 aromatic rings. The highest BCUT2D eigenvalue weighted by atomic mass is 16.5. The van der Waals surface area contributed by atoms with Crippen molar-refractivity contribution in [3.8, 4) is 0 Å². The van der Waals surface area contributed by atoms with Crippen molar-refractivity contribution in [2.45, 2.75) is 51.7 Å². The van der Waals surface area contributed by atoms with E-state index in [0.717, 1.165) is 57.6 Å². The molecule has 0 amide bonds. The first kappa shape index (κ1) is 19.5. The maximum atomic E-state index is 5.78. The Morgan fingerprint density at radius 1 is 1.33 bits per heavy atom. The van der Waals surface area contributed by atoms with E-state index in [0.29, 0.717) is 12.1 Å². The van der Waals surface area contributed by atoms with E-state index in [1.807, 2.05) is 7.05 Å². The van der Waals surface area contributed by atoms with Crippen LogP contribution in [0.4, 0.5) is 0 Å². The molecular weight excluding hydrogens is 304 g/mol. The molecule has 2 atom stereocenters. The number of guanidine groups is 1. The van der Waals surface area contributed by atoms with Crippen LogP contribution >= 0.6 is 0 Å². The van der Waals surface area contributed by atoms with Crippen molar-refractivity contribution in [1.82, 2.24) is 15.5 Å². The third kappa shape index (κ3) is 6.95. The Morgan fingerprint density at radius 3 is 2.92 bits per heavy atom. The van der Waals surface area contributed by atoms with E-state index >= 15 is 0 Å². The van der Waals surface area contributed by atoms with Gasteiger partial charge in [0.05, 0.1) is 12.7 Å². The molecule has 6 nitrogen and oxygen atoms in total. The third-order valence-electron chi connectivity index (χ3n) is 4.68. The minimum Gasteiger partial charge on any atom is -0.379 e. The SMILES string of the molecule is CN=C(NCCCOC1CCOC1)NC[C@H]1CCCN1CC(C)C. The highest BCUT2D eigenvalue weighted by molar-refractivity contribution is 5.79. The van der Waals surface area contributed by atoms with Crippen LogP contribution in [0.1, 0.15) is 39.5 Å². The van der Waals surface area contributed by atoms with Crippen LogP contribution in [-0.2, 0) is 9.47 Å². The van der Waals surface area contributed by atoms with Crippen molar-refractivity contribution >= 4 is 5.96 Å². The van der Waals surface area contributed by atoms with Crippen LogP contribution in [0.5, 0.6) is 0 Å². The van der Waals surface area contributed by atoms with Gasteiger partial charge in [-0.15, -0.1) is 0 Å². The third-order valence-corrected chi connectivity index (χ3v) is 4.68.